The summed E-state index contributed by atoms with van der Waals surface area (Å²) >= 11 is 0. The Morgan fingerprint density at radius 2 is 1.95 bits per heavy atom. The smallest absolute Gasteiger partial charge is 0.231 e. The molecular formula is C15H22N2O2. The minimum absolute atomic E-state index is 0.337. The van der Waals surface area contributed by atoms with Crippen LogP contribution < -0.4 is 14.8 Å². The largest absolute Gasteiger partial charge is 0.454 e. The lowest BCUT2D eigenvalue weighted by atomic mass is 9.90. The van der Waals surface area contributed by atoms with E-state index in [1.807, 2.05) is 12.1 Å². The number of likely N-dealkylation sites (tertiary alicyclic amines) is 1. The zero-order valence-electron chi connectivity index (χ0n) is 11.7. The minimum Gasteiger partial charge on any atom is -0.454 e. The zero-order chi connectivity index (χ0) is 13.2. The van der Waals surface area contributed by atoms with Crippen LogP contribution in [0.3, 0.4) is 0 Å². The van der Waals surface area contributed by atoms with Crippen LogP contribution in [0.25, 0.3) is 0 Å². The fourth-order valence-corrected chi connectivity index (χ4v) is 2.90. The topological polar surface area (TPSA) is 33.7 Å². The van der Waals surface area contributed by atoms with Crippen molar-refractivity contribution in [3.05, 3.63) is 18.2 Å². The van der Waals surface area contributed by atoms with Crippen LogP contribution in [0.1, 0.15) is 19.8 Å². The first kappa shape index (κ1) is 12.6. The van der Waals surface area contributed by atoms with Crippen molar-refractivity contribution in [1.29, 1.82) is 0 Å². The van der Waals surface area contributed by atoms with E-state index in [9.17, 15) is 0 Å². The van der Waals surface area contributed by atoms with Crippen molar-refractivity contribution in [2.45, 2.75) is 25.8 Å². The van der Waals surface area contributed by atoms with E-state index in [1.165, 1.54) is 25.9 Å². The monoisotopic (exact) mass is 262 g/mol. The molecule has 1 unspecified atom stereocenters. The quantitative estimate of drug-likeness (QED) is 0.907. The lowest BCUT2D eigenvalue weighted by Gasteiger charge is -2.33. The number of nitrogens with one attached hydrogen (secondary N) is 1. The Bertz CT molecular complexity index is 442. The van der Waals surface area contributed by atoms with Gasteiger partial charge in [0.05, 0.1) is 0 Å². The van der Waals surface area contributed by atoms with Crippen LogP contribution in [0.4, 0.5) is 5.69 Å². The number of fused-ring (bicyclic) bond motifs is 1. The molecule has 19 heavy (non-hydrogen) atoms. The van der Waals surface area contributed by atoms with Gasteiger partial charge in [-0.3, -0.25) is 0 Å². The average Bonchev–Trinajstić information content (AvgIpc) is 2.87. The molecule has 0 radical (unpaired) electrons. The molecule has 104 valence electrons. The van der Waals surface area contributed by atoms with Crippen molar-refractivity contribution in [2.24, 2.45) is 5.92 Å². The van der Waals surface area contributed by atoms with Crippen LogP contribution in [0, 0.1) is 5.92 Å². The molecule has 1 atom stereocenters. The second-order valence-corrected chi connectivity index (χ2v) is 5.64. The lowest BCUT2D eigenvalue weighted by molar-refractivity contribution is 0.174. The van der Waals surface area contributed by atoms with Crippen LogP contribution in [-0.4, -0.2) is 37.9 Å². The van der Waals surface area contributed by atoms with Gasteiger partial charge in [-0.05, 0) is 58.0 Å². The average molecular weight is 262 g/mol. The zero-order valence-corrected chi connectivity index (χ0v) is 11.7. The van der Waals surface area contributed by atoms with Crippen LogP contribution in [0.2, 0.25) is 0 Å². The molecular weight excluding hydrogens is 240 g/mol. The predicted octanol–water partition coefficient (Wildman–Crippen LogP) is 2.56. The summed E-state index contributed by atoms with van der Waals surface area (Å²) in [6.07, 6.45) is 2.55. The van der Waals surface area contributed by atoms with Gasteiger partial charge in [-0.15, -0.1) is 0 Å². The summed E-state index contributed by atoms with van der Waals surface area (Å²) in [5, 5.41) is 3.60. The summed E-state index contributed by atoms with van der Waals surface area (Å²) in [5.74, 6) is 2.44. The van der Waals surface area contributed by atoms with Gasteiger partial charge < -0.3 is 19.7 Å². The number of piperidine rings is 1. The third-order valence-electron chi connectivity index (χ3n) is 4.24. The molecule has 1 saturated heterocycles. The Labute approximate surface area is 114 Å². The molecule has 4 nitrogen and oxygen atoms in total. The molecule has 1 aromatic carbocycles. The van der Waals surface area contributed by atoms with E-state index >= 15 is 0 Å². The Balaban J connectivity index is 1.61. The highest BCUT2D eigenvalue weighted by Gasteiger charge is 2.22. The molecule has 1 N–H and O–H groups in total. The summed E-state index contributed by atoms with van der Waals surface area (Å²) in [6, 6.07) is 6.58. The Hall–Kier alpha value is -1.42. The molecule has 0 amide bonds. The van der Waals surface area contributed by atoms with Gasteiger partial charge in [-0.25, -0.2) is 0 Å². The van der Waals surface area contributed by atoms with Gasteiger partial charge in [0.2, 0.25) is 6.79 Å². The van der Waals surface area contributed by atoms with Crippen molar-refractivity contribution < 1.29 is 9.47 Å². The van der Waals surface area contributed by atoms with Crippen molar-refractivity contribution in [2.75, 3.05) is 32.2 Å². The number of hydrogen-bond acceptors (Lipinski definition) is 4. The van der Waals surface area contributed by atoms with E-state index in [1.54, 1.807) is 0 Å². The van der Waals surface area contributed by atoms with Gasteiger partial charge in [0.25, 0.3) is 0 Å². The molecule has 1 fully saturated rings. The molecule has 0 aromatic heterocycles. The first-order valence-corrected chi connectivity index (χ1v) is 7.07. The summed E-state index contributed by atoms with van der Waals surface area (Å²) in [4.78, 5) is 2.41. The summed E-state index contributed by atoms with van der Waals surface area (Å²) < 4.78 is 10.7. The fraction of sp³-hybridized carbons (Fsp3) is 0.600. The van der Waals surface area contributed by atoms with Gasteiger partial charge in [0, 0.05) is 17.8 Å². The molecule has 2 aliphatic heterocycles. The third kappa shape index (κ3) is 2.78. The fourth-order valence-electron chi connectivity index (χ4n) is 2.90. The SMILES string of the molecule is CC(Nc1ccc2c(c1)OCO2)C1CCN(C)CC1. The van der Waals surface area contributed by atoms with E-state index in [0.29, 0.717) is 12.8 Å². The number of ether oxygens (including phenoxy) is 2. The first-order chi connectivity index (χ1) is 9.22. The number of nitrogens with zero attached hydrogens (tertiary/aromatic N) is 1. The van der Waals surface area contributed by atoms with E-state index in [4.69, 9.17) is 9.47 Å². The molecule has 2 heterocycles. The lowest BCUT2D eigenvalue weighted by Crippen LogP contribution is -2.37. The maximum atomic E-state index is 5.41. The molecule has 0 bridgehead atoms. The number of rotatable bonds is 3. The Morgan fingerprint density at radius 1 is 1.21 bits per heavy atom. The second-order valence-electron chi connectivity index (χ2n) is 5.64. The number of anilines is 1. The summed E-state index contributed by atoms with van der Waals surface area (Å²) in [7, 11) is 2.20. The standard InChI is InChI=1S/C15H22N2O2/c1-11(12-5-7-17(2)8-6-12)16-13-3-4-14-15(9-13)19-10-18-14/h3-4,9,11-12,16H,5-8,10H2,1-2H3. The van der Waals surface area contributed by atoms with Gasteiger partial charge in [-0.1, -0.05) is 0 Å². The Morgan fingerprint density at radius 3 is 2.74 bits per heavy atom. The highest BCUT2D eigenvalue weighted by atomic mass is 16.7. The van der Waals surface area contributed by atoms with Crippen LogP contribution in [-0.2, 0) is 0 Å². The highest BCUT2D eigenvalue weighted by Crippen LogP contribution is 2.35. The van der Waals surface area contributed by atoms with Crippen LogP contribution in [0.5, 0.6) is 11.5 Å². The van der Waals surface area contributed by atoms with E-state index in [0.717, 1.165) is 23.1 Å². The molecule has 0 saturated carbocycles. The molecule has 2 aliphatic rings. The van der Waals surface area contributed by atoms with Crippen molar-refractivity contribution in [3.8, 4) is 11.5 Å². The predicted molar refractivity (Wildman–Crippen MR) is 75.9 cm³/mol. The maximum absolute atomic E-state index is 5.41. The Kier molecular flexibility index (Phi) is 3.51. The highest BCUT2D eigenvalue weighted by molar-refractivity contribution is 5.56. The van der Waals surface area contributed by atoms with Crippen molar-refractivity contribution in [1.82, 2.24) is 4.90 Å². The minimum atomic E-state index is 0.337. The normalized spacial score (nSPS) is 21.4. The number of hydrogen-bond donors (Lipinski definition) is 1. The van der Waals surface area contributed by atoms with Gasteiger partial charge >= 0.3 is 0 Å². The second kappa shape index (κ2) is 5.29. The van der Waals surface area contributed by atoms with Crippen molar-refractivity contribution >= 4 is 5.69 Å². The van der Waals surface area contributed by atoms with E-state index < -0.39 is 0 Å². The molecule has 1 aromatic rings. The molecule has 4 heteroatoms. The molecule has 3 rings (SSSR count). The van der Waals surface area contributed by atoms with Crippen LogP contribution >= 0.6 is 0 Å². The van der Waals surface area contributed by atoms with Gasteiger partial charge in [-0.2, -0.15) is 0 Å². The van der Waals surface area contributed by atoms with Crippen LogP contribution in [0.15, 0.2) is 18.2 Å². The maximum Gasteiger partial charge on any atom is 0.231 e. The van der Waals surface area contributed by atoms with Crippen molar-refractivity contribution in [3.63, 3.8) is 0 Å². The number of benzene rings is 1. The van der Waals surface area contributed by atoms with Gasteiger partial charge in [0.15, 0.2) is 11.5 Å². The summed E-state index contributed by atoms with van der Waals surface area (Å²) in [6.45, 7) is 5.03. The third-order valence-corrected chi connectivity index (χ3v) is 4.24. The van der Waals surface area contributed by atoms with E-state index in [2.05, 4.69) is 30.3 Å². The molecule has 0 spiro atoms. The summed E-state index contributed by atoms with van der Waals surface area (Å²) in [5.41, 5.74) is 1.12. The molecule has 0 aliphatic carbocycles. The van der Waals surface area contributed by atoms with E-state index in [-0.39, 0.29) is 0 Å². The first-order valence-electron chi connectivity index (χ1n) is 7.07. The van der Waals surface area contributed by atoms with Gasteiger partial charge in [0.1, 0.15) is 0 Å².